The van der Waals surface area contributed by atoms with Gasteiger partial charge in [0.1, 0.15) is 0 Å². The van der Waals surface area contributed by atoms with Crippen LogP contribution in [-0.2, 0) is 10.2 Å². The molecule has 1 heterocycles. The molecule has 1 aromatic carbocycles. The van der Waals surface area contributed by atoms with E-state index in [4.69, 9.17) is 11.6 Å². The lowest BCUT2D eigenvalue weighted by Gasteiger charge is -2.17. The van der Waals surface area contributed by atoms with Crippen molar-refractivity contribution in [3.63, 3.8) is 0 Å². The monoisotopic (exact) mass is 306 g/mol. The Labute approximate surface area is 131 Å². The van der Waals surface area contributed by atoms with Crippen molar-refractivity contribution in [1.29, 1.82) is 0 Å². The van der Waals surface area contributed by atoms with Gasteiger partial charge in [0.15, 0.2) is 0 Å². The molecule has 0 spiro atoms. The van der Waals surface area contributed by atoms with Crippen LogP contribution in [0.4, 0.5) is 0 Å². The van der Waals surface area contributed by atoms with Gasteiger partial charge in [0, 0.05) is 23.4 Å². The molecule has 3 rings (SSSR count). The topological polar surface area (TPSA) is 41.1 Å². The van der Waals surface area contributed by atoms with Gasteiger partial charge in [0.05, 0.1) is 0 Å². The summed E-state index contributed by atoms with van der Waals surface area (Å²) in [7, 11) is 0. The van der Waals surface area contributed by atoms with Crippen molar-refractivity contribution in [1.82, 2.24) is 10.6 Å². The van der Waals surface area contributed by atoms with Gasteiger partial charge in [-0.15, -0.1) is 0 Å². The number of halogens is 1. The Morgan fingerprint density at radius 2 is 2.29 bits per heavy atom. The maximum absolute atomic E-state index is 12.0. The number of carbonyl (C=O) groups is 1. The van der Waals surface area contributed by atoms with Crippen LogP contribution in [0.3, 0.4) is 0 Å². The van der Waals surface area contributed by atoms with Crippen molar-refractivity contribution in [3.05, 3.63) is 34.9 Å². The fourth-order valence-electron chi connectivity index (χ4n) is 3.19. The Kier molecular flexibility index (Phi) is 4.51. The zero-order chi connectivity index (χ0) is 14.7. The molecular weight excluding hydrogens is 284 g/mol. The minimum absolute atomic E-state index is 0.134. The molecular formula is C17H23ClN2O. The molecule has 1 saturated heterocycles. The molecule has 1 aliphatic heterocycles. The van der Waals surface area contributed by atoms with Crippen LogP contribution >= 0.6 is 11.6 Å². The Hall–Kier alpha value is -1.06. The van der Waals surface area contributed by atoms with E-state index in [-0.39, 0.29) is 11.3 Å². The summed E-state index contributed by atoms with van der Waals surface area (Å²) in [6, 6.07) is 8.04. The summed E-state index contributed by atoms with van der Waals surface area (Å²) in [6.07, 6.45) is 5.14. The average Bonchev–Trinajstić information content (AvgIpc) is 3.10. The summed E-state index contributed by atoms with van der Waals surface area (Å²) in [6.45, 7) is 2.92. The lowest BCUT2D eigenvalue weighted by molar-refractivity contribution is -0.121. The largest absolute Gasteiger partial charge is 0.355 e. The first-order valence-corrected chi connectivity index (χ1v) is 8.29. The molecule has 0 aromatic heterocycles. The van der Waals surface area contributed by atoms with E-state index in [0.29, 0.717) is 12.3 Å². The highest BCUT2D eigenvalue weighted by molar-refractivity contribution is 6.30. The van der Waals surface area contributed by atoms with Gasteiger partial charge in [-0.3, -0.25) is 4.79 Å². The first-order valence-electron chi connectivity index (χ1n) is 7.91. The third kappa shape index (κ3) is 3.78. The van der Waals surface area contributed by atoms with Gasteiger partial charge in [-0.05, 0) is 62.4 Å². The molecule has 4 heteroatoms. The second-order valence-corrected chi connectivity index (χ2v) is 6.90. The molecule has 3 nitrogen and oxygen atoms in total. The first-order chi connectivity index (χ1) is 10.2. The molecule has 2 fully saturated rings. The zero-order valence-corrected chi connectivity index (χ0v) is 13.1. The van der Waals surface area contributed by atoms with Crippen LogP contribution in [-0.4, -0.2) is 25.5 Å². The maximum atomic E-state index is 12.0. The van der Waals surface area contributed by atoms with Crippen molar-refractivity contribution in [2.45, 2.75) is 37.5 Å². The van der Waals surface area contributed by atoms with Crippen LogP contribution in [0.25, 0.3) is 0 Å². The van der Waals surface area contributed by atoms with Crippen molar-refractivity contribution in [2.24, 2.45) is 5.92 Å². The predicted octanol–water partition coefficient (Wildman–Crippen LogP) is 2.88. The van der Waals surface area contributed by atoms with Gasteiger partial charge in [0.25, 0.3) is 0 Å². The summed E-state index contributed by atoms with van der Waals surface area (Å²) >= 11 is 6.07. The highest BCUT2D eigenvalue weighted by Gasteiger charge is 2.44. The van der Waals surface area contributed by atoms with Crippen LogP contribution in [0, 0.1) is 5.92 Å². The molecule has 1 aliphatic carbocycles. The van der Waals surface area contributed by atoms with E-state index in [1.807, 2.05) is 18.2 Å². The van der Waals surface area contributed by atoms with E-state index >= 15 is 0 Å². The van der Waals surface area contributed by atoms with Gasteiger partial charge in [-0.25, -0.2) is 0 Å². The van der Waals surface area contributed by atoms with Crippen molar-refractivity contribution >= 4 is 17.5 Å². The molecule has 114 valence electrons. The number of hydrogen-bond acceptors (Lipinski definition) is 2. The second kappa shape index (κ2) is 6.37. The fourth-order valence-corrected chi connectivity index (χ4v) is 3.38. The first kappa shape index (κ1) is 14.9. The van der Waals surface area contributed by atoms with Crippen LogP contribution in [0.15, 0.2) is 24.3 Å². The standard InChI is InChI=1S/C17H23ClN2O/c18-15-3-1-2-14(10-15)17(7-8-17)12-20-16(21)5-4-13-6-9-19-11-13/h1-3,10,13,19H,4-9,11-12H2,(H,20,21). The zero-order valence-electron chi connectivity index (χ0n) is 12.3. The number of hydrogen-bond donors (Lipinski definition) is 2. The van der Waals surface area contributed by atoms with Crippen LogP contribution in [0.5, 0.6) is 0 Å². The Morgan fingerprint density at radius 1 is 1.43 bits per heavy atom. The highest BCUT2D eigenvalue weighted by Crippen LogP contribution is 2.48. The lowest BCUT2D eigenvalue weighted by atomic mass is 9.96. The van der Waals surface area contributed by atoms with Gasteiger partial charge in [-0.2, -0.15) is 0 Å². The summed E-state index contributed by atoms with van der Waals surface area (Å²) in [5.74, 6) is 0.869. The molecule has 1 aromatic rings. The van der Waals surface area contributed by atoms with Gasteiger partial charge < -0.3 is 10.6 Å². The molecule has 0 bridgehead atoms. The lowest BCUT2D eigenvalue weighted by Crippen LogP contribution is -2.32. The van der Waals surface area contributed by atoms with Crippen molar-refractivity contribution in [2.75, 3.05) is 19.6 Å². The van der Waals surface area contributed by atoms with Gasteiger partial charge in [0.2, 0.25) is 5.91 Å². The smallest absolute Gasteiger partial charge is 0.220 e. The number of amides is 1. The summed E-state index contributed by atoms with van der Waals surface area (Å²) in [5, 5.41) is 7.25. The summed E-state index contributed by atoms with van der Waals surface area (Å²) in [5.41, 5.74) is 1.39. The molecule has 1 amide bonds. The number of carbonyl (C=O) groups excluding carboxylic acids is 1. The van der Waals surface area contributed by atoms with Gasteiger partial charge in [-0.1, -0.05) is 23.7 Å². The molecule has 0 radical (unpaired) electrons. The summed E-state index contributed by atoms with van der Waals surface area (Å²) in [4.78, 5) is 12.0. The number of nitrogens with one attached hydrogen (secondary N) is 2. The molecule has 1 unspecified atom stereocenters. The second-order valence-electron chi connectivity index (χ2n) is 6.46. The van der Waals surface area contributed by atoms with E-state index in [0.717, 1.165) is 43.9 Å². The molecule has 2 N–H and O–H groups in total. The van der Waals surface area contributed by atoms with Crippen molar-refractivity contribution < 1.29 is 4.79 Å². The minimum Gasteiger partial charge on any atom is -0.355 e. The third-order valence-electron chi connectivity index (χ3n) is 4.86. The summed E-state index contributed by atoms with van der Waals surface area (Å²) < 4.78 is 0. The third-order valence-corrected chi connectivity index (χ3v) is 5.09. The van der Waals surface area contributed by atoms with E-state index < -0.39 is 0 Å². The van der Waals surface area contributed by atoms with Gasteiger partial charge >= 0.3 is 0 Å². The Balaban J connectivity index is 1.47. The Morgan fingerprint density at radius 3 is 2.95 bits per heavy atom. The van der Waals surface area contributed by atoms with E-state index in [1.54, 1.807) is 0 Å². The van der Waals surface area contributed by atoms with Crippen LogP contribution in [0.1, 0.15) is 37.7 Å². The normalized spacial score (nSPS) is 23.0. The van der Waals surface area contributed by atoms with E-state index in [2.05, 4.69) is 16.7 Å². The minimum atomic E-state index is 0.134. The molecule has 1 saturated carbocycles. The fraction of sp³-hybridized carbons (Fsp3) is 0.588. The van der Waals surface area contributed by atoms with Crippen LogP contribution in [0.2, 0.25) is 5.02 Å². The van der Waals surface area contributed by atoms with Crippen molar-refractivity contribution in [3.8, 4) is 0 Å². The molecule has 2 aliphatic rings. The number of benzene rings is 1. The van der Waals surface area contributed by atoms with E-state index in [9.17, 15) is 4.79 Å². The molecule has 21 heavy (non-hydrogen) atoms. The maximum Gasteiger partial charge on any atom is 0.220 e. The average molecular weight is 307 g/mol. The quantitative estimate of drug-likeness (QED) is 0.848. The Bertz CT molecular complexity index is 507. The predicted molar refractivity (Wildman–Crippen MR) is 85.6 cm³/mol. The highest BCUT2D eigenvalue weighted by atomic mass is 35.5. The molecule has 1 atom stereocenters. The number of rotatable bonds is 6. The van der Waals surface area contributed by atoms with Crippen LogP contribution < -0.4 is 10.6 Å². The van der Waals surface area contributed by atoms with E-state index in [1.165, 1.54) is 12.0 Å². The SMILES string of the molecule is O=C(CCC1CCNC1)NCC1(c2cccc(Cl)c2)CC1.